The van der Waals surface area contributed by atoms with Gasteiger partial charge in [-0.15, -0.1) is 0 Å². The number of piperidine rings is 1. The summed E-state index contributed by atoms with van der Waals surface area (Å²) in [5.41, 5.74) is 0.483. The maximum atomic E-state index is 13.1. The highest BCUT2D eigenvalue weighted by molar-refractivity contribution is 7.89. The van der Waals surface area contributed by atoms with Gasteiger partial charge in [-0.05, 0) is 49.2 Å². The Balaban J connectivity index is 1.73. The first kappa shape index (κ1) is 21.1. The number of carbonyl (C=O) groups excluding carboxylic acids is 1. The standard InChI is InChI=1S/C20H23FN2O5S/c1-27-16-7-10-18(19(12-16)28-2)22-20(24)14-4-3-11-23(13-14)29(25,26)17-8-5-15(21)6-9-17/h5-10,12,14H,3-4,11,13H2,1-2H3,(H,22,24). The summed E-state index contributed by atoms with van der Waals surface area (Å²) in [6, 6.07) is 9.71. The molecule has 1 aliphatic rings. The van der Waals surface area contributed by atoms with Gasteiger partial charge in [0.25, 0.3) is 0 Å². The molecular weight excluding hydrogens is 399 g/mol. The van der Waals surface area contributed by atoms with E-state index in [9.17, 15) is 17.6 Å². The molecule has 1 heterocycles. The Morgan fingerprint density at radius 2 is 1.86 bits per heavy atom. The van der Waals surface area contributed by atoms with Crippen LogP contribution < -0.4 is 14.8 Å². The van der Waals surface area contributed by atoms with E-state index in [1.807, 2.05) is 0 Å². The molecule has 0 aliphatic carbocycles. The van der Waals surface area contributed by atoms with Gasteiger partial charge in [0.15, 0.2) is 0 Å². The van der Waals surface area contributed by atoms with Gasteiger partial charge in [0, 0.05) is 19.2 Å². The molecule has 1 aliphatic heterocycles. The van der Waals surface area contributed by atoms with Crippen LogP contribution in [0.2, 0.25) is 0 Å². The van der Waals surface area contributed by atoms with Crippen molar-refractivity contribution in [3.63, 3.8) is 0 Å². The zero-order valence-corrected chi connectivity index (χ0v) is 17.0. The molecule has 1 N–H and O–H groups in total. The second-order valence-electron chi connectivity index (χ2n) is 6.71. The van der Waals surface area contributed by atoms with Crippen molar-refractivity contribution in [3.8, 4) is 11.5 Å². The number of amides is 1. The highest BCUT2D eigenvalue weighted by atomic mass is 32.2. The minimum absolute atomic E-state index is 0.0109. The van der Waals surface area contributed by atoms with Crippen LogP contribution in [0.5, 0.6) is 11.5 Å². The van der Waals surface area contributed by atoms with Crippen LogP contribution in [0.15, 0.2) is 47.4 Å². The van der Waals surface area contributed by atoms with Crippen LogP contribution in [-0.4, -0.2) is 45.9 Å². The number of methoxy groups -OCH3 is 2. The molecule has 0 bridgehead atoms. The summed E-state index contributed by atoms with van der Waals surface area (Å²) in [6.45, 7) is 0.374. The summed E-state index contributed by atoms with van der Waals surface area (Å²) in [6.07, 6.45) is 1.12. The molecule has 0 saturated carbocycles. The average Bonchev–Trinajstić information content (AvgIpc) is 2.74. The molecule has 3 rings (SSSR count). The van der Waals surface area contributed by atoms with Gasteiger partial charge in [-0.2, -0.15) is 4.31 Å². The van der Waals surface area contributed by atoms with E-state index in [2.05, 4.69) is 5.32 Å². The van der Waals surface area contributed by atoms with E-state index in [-0.39, 0.29) is 17.3 Å². The predicted octanol–water partition coefficient (Wildman–Crippen LogP) is 2.88. The van der Waals surface area contributed by atoms with Crippen LogP contribution in [0.25, 0.3) is 0 Å². The molecule has 7 nitrogen and oxygen atoms in total. The third kappa shape index (κ3) is 4.68. The molecule has 1 unspecified atom stereocenters. The Kier molecular flexibility index (Phi) is 6.39. The smallest absolute Gasteiger partial charge is 0.243 e. The molecule has 1 amide bonds. The monoisotopic (exact) mass is 422 g/mol. The first-order chi connectivity index (χ1) is 13.8. The van der Waals surface area contributed by atoms with Gasteiger partial charge in [0.05, 0.1) is 30.7 Å². The highest BCUT2D eigenvalue weighted by Gasteiger charge is 2.33. The minimum atomic E-state index is -3.79. The molecule has 1 fully saturated rings. The number of rotatable bonds is 6. The topological polar surface area (TPSA) is 84.9 Å². The van der Waals surface area contributed by atoms with E-state index in [4.69, 9.17) is 9.47 Å². The number of sulfonamides is 1. The third-order valence-corrected chi connectivity index (χ3v) is 6.75. The quantitative estimate of drug-likeness (QED) is 0.774. The lowest BCUT2D eigenvalue weighted by Gasteiger charge is -2.31. The van der Waals surface area contributed by atoms with Gasteiger partial charge in [-0.3, -0.25) is 4.79 Å². The molecule has 2 aromatic carbocycles. The molecule has 0 spiro atoms. The number of hydrogen-bond donors (Lipinski definition) is 1. The van der Waals surface area contributed by atoms with Crippen LogP contribution in [0.1, 0.15) is 12.8 Å². The summed E-state index contributed by atoms with van der Waals surface area (Å²) >= 11 is 0. The second kappa shape index (κ2) is 8.79. The van der Waals surface area contributed by atoms with Crippen molar-refractivity contribution in [2.75, 3.05) is 32.6 Å². The number of ether oxygens (including phenoxy) is 2. The van der Waals surface area contributed by atoms with Crippen LogP contribution in [0.4, 0.5) is 10.1 Å². The maximum Gasteiger partial charge on any atom is 0.243 e. The van der Waals surface area contributed by atoms with E-state index in [1.165, 1.54) is 30.7 Å². The zero-order valence-electron chi connectivity index (χ0n) is 16.2. The molecule has 9 heteroatoms. The SMILES string of the molecule is COc1ccc(NC(=O)C2CCCN(S(=O)(=O)c3ccc(F)cc3)C2)c(OC)c1. The number of benzene rings is 2. The molecule has 156 valence electrons. The summed E-state index contributed by atoms with van der Waals surface area (Å²) in [4.78, 5) is 12.8. The lowest BCUT2D eigenvalue weighted by molar-refractivity contribution is -0.120. The Hall–Kier alpha value is -2.65. The van der Waals surface area contributed by atoms with E-state index >= 15 is 0 Å². The number of carbonyl (C=O) groups is 1. The molecule has 29 heavy (non-hydrogen) atoms. The molecule has 1 saturated heterocycles. The van der Waals surface area contributed by atoms with Gasteiger partial charge in [0.2, 0.25) is 15.9 Å². The molecule has 1 atom stereocenters. The van der Waals surface area contributed by atoms with E-state index in [1.54, 1.807) is 18.2 Å². The van der Waals surface area contributed by atoms with Crippen molar-refractivity contribution >= 4 is 21.6 Å². The van der Waals surface area contributed by atoms with Gasteiger partial charge in [-0.25, -0.2) is 12.8 Å². The summed E-state index contributed by atoms with van der Waals surface area (Å²) in [5, 5.41) is 2.81. The normalized spacial score (nSPS) is 17.6. The first-order valence-electron chi connectivity index (χ1n) is 9.13. The van der Waals surface area contributed by atoms with Crippen molar-refractivity contribution < 1.29 is 27.1 Å². The number of anilines is 1. The van der Waals surface area contributed by atoms with Crippen molar-refractivity contribution in [3.05, 3.63) is 48.3 Å². The average molecular weight is 422 g/mol. The number of nitrogens with one attached hydrogen (secondary N) is 1. The molecule has 0 aromatic heterocycles. The van der Waals surface area contributed by atoms with E-state index < -0.39 is 21.8 Å². The van der Waals surface area contributed by atoms with Crippen LogP contribution in [0, 0.1) is 11.7 Å². The van der Waals surface area contributed by atoms with Crippen LogP contribution >= 0.6 is 0 Å². The molecule has 2 aromatic rings. The third-order valence-electron chi connectivity index (χ3n) is 4.87. The molecule has 0 radical (unpaired) electrons. The lowest BCUT2D eigenvalue weighted by atomic mass is 9.98. The number of nitrogens with zero attached hydrogens (tertiary/aromatic N) is 1. The van der Waals surface area contributed by atoms with Crippen molar-refractivity contribution in [2.45, 2.75) is 17.7 Å². The number of hydrogen-bond acceptors (Lipinski definition) is 5. The Morgan fingerprint density at radius 1 is 1.14 bits per heavy atom. The van der Waals surface area contributed by atoms with E-state index in [0.717, 1.165) is 12.1 Å². The minimum Gasteiger partial charge on any atom is -0.497 e. The first-order valence-corrected chi connectivity index (χ1v) is 10.6. The van der Waals surface area contributed by atoms with Crippen molar-refractivity contribution in [1.82, 2.24) is 4.31 Å². The fourth-order valence-corrected chi connectivity index (χ4v) is 4.79. The fourth-order valence-electron chi connectivity index (χ4n) is 3.27. The highest BCUT2D eigenvalue weighted by Crippen LogP contribution is 2.31. The number of halogens is 1. The van der Waals surface area contributed by atoms with Gasteiger partial charge in [0.1, 0.15) is 17.3 Å². The van der Waals surface area contributed by atoms with Crippen LogP contribution in [-0.2, 0) is 14.8 Å². The largest absolute Gasteiger partial charge is 0.497 e. The van der Waals surface area contributed by atoms with Gasteiger partial charge < -0.3 is 14.8 Å². The maximum absolute atomic E-state index is 13.1. The Labute approximate surface area is 169 Å². The molecular formula is C20H23FN2O5S. The fraction of sp³-hybridized carbons (Fsp3) is 0.350. The summed E-state index contributed by atoms with van der Waals surface area (Å²) in [7, 11) is -0.773. The summed E-state index contributed by atoms with van der Waals surface area (Å²) in [5.74, 6) is -0.259. The van der Waals surface area contributed by atoms with Crippen molar-refractivity contribution in [2.24, 2.45) is 5.92 Å². The van der Waals surface area contributed by atoms with Gasteiger partial charge in [-0.1, -0.05) is 0 Å². The Bertz CT molecular complexity index is 979. The van der Waals surface area contributed by atoms with E-state index in [0.29, 0.717) is 36.6 Å². The lowest BCUT2D eigenvalue weighted by Crippen LogP contribution is -2.43. The second-order valence-corrected chi connectivity index (χ2v) is 8.65. The van der Waals surface area contributed by atoms with Crippen LogP contribution in [0.3, 0.4) is 0 Å². The van der Waals surface area contributed by atoms with Crippen molar-refractivity contribution in [1.29, 1.82) is 0 Å². The van der Waals surface area contributed by atoms with Gasteiger partial charge >= 0.3 is 0 Å². The zero-order chi connectivity index (χ0) is 21.0. The Morgan fingerprint density at radius 3 is 2.52 bits per heavy atom. The predicted molar refractivity (Wildman–Crippen MR) is 106 cm³/mol. The summed E-state index contributed by atoms with van der Waals surface area (Å²) < 4.78 is 50.5.